The predicted molar refractivity (Wildman–Crippen MR) is 80.3 cm³/mol. The van der Waals surface area contributed by atoms with Gasteiger partial charge in [-0.25, -0.2) is 4.79 Å². The molecule has 20 heavy (non-hydrogen) atoms. The van der Waals surface area contributed by atoms with Crippen LogP contribution in [0.2, 0.25) is 0 Å². The zero-order chi connectivity index (χ0) is 14.2. The van der Waals surface area contributed by atoms with Crippen molar-refractivity contribution >= 4 is 6.03 Å². The topological polar surface area (TPSA) is 67.1 Å². The van der Waals surface area contributed by atoms with E-state index in [-0.39, 0.29) is 17.6 Å². The minimum atomic E-state index is 0.0100. The first-order chi connectivity index (χ1) is 9.62. The van der Waals surface area contributed by atoms with Gasteiger partial charge in [-0.2, -0.15) is 0 Å². The highest BCUT2D eigenvalue weighted by molar-refractivity contribution is 5.75. The van der Waals surface area contributed by atoms with E-state index in [1.165, 1.54) is 38.5 Å². The Labute approximate surface area is 122 Å². The first kappa shape index (κ1) is 14.2. The monoisotopic (exact) mass is 279 g/mol. The SMILES string of the molecule is CCCC(CN)NC(=O)NC12CC3CC(CC(C3)C1)C2. The van der Waals surface area contributed by atoms with E-state index in [1.54, 1.807) is 0 Å². The average molecular weight is 279 g/mol. The van der Waals surface area contributed by atoms with E-state index in [0.29, 0.717) is 6.54 Å². The second-order valence-electron chi connectivity index (χ2n) is 7.52. The molecule has 0 aromatic rings. The Hall–Kier alpha value is -0.770. The predicted octanol–water partition coefficient (Wildman–Crippen LogP) is 2.38. The van der Waals surface area contributed by atoms with Crippen molar-refractivity contribution in [1.29, 1.82) is 0 Å². The number of urea groups is 1. The van der Waals surface area contributed by atoms with E-state index in [2.05, 4.69) is 17.6 Å². The molecule has 4 fully saturated rings. The minimum absolute atomic E-state index is 0.0100. The summed E-state index contributed by atoms with van der Waals surface area (Å²) in [6.07, 6.45) is 9.84. The first-order valence-electron chi connectivity index (χ1n) is 8.41. The van der Waals surface area contributed by atoms with Gasteiger partial charge in [-0.3, -0.25) is 0 Å². The normalized spacial score (nSPS) is 39.6. The highest BCUT2D eigenvalue weighted by Gasteiger charge is 2.51. The first-order valence-corrected chi connectivity index (χ1v) is 8.41. The van der Waals surface area contributed by atoms with Crippen molar-refractivity contribution in [3.63, 3.8) is 0 Å². The van der Waals surface area contributed by atoms with E-state index in [1.807, 2.05) is 0 Å². The summed E-state index contributed by atoms with van der Waals surface area (Å²) in [7, 11) is 0. The Morgan fingerprint density at radius 1 is 1.20 bits per heavy atom. The Balaban J connectivity index is 1.58. The number of nitrogens with two attached hydrogens (primary N) is 1. The van der Waals surface area contributed by atoms with Crippen LogP contribution in [0.3, 0.4) is 0 Å². The number of hydrogen-bond acceptors (Lipinski definition) is 2. The fraction of sp³-hybridized carbons (Fsp3) is 0.938. The number of hydrogen-bond donors (Lipinski definition) is 3. The number of carbonyl (C=O) groups excluding carboxylic acids is 1. The standard InChI is InChI=1S/C16H29N3O/c1-2-3-14(10-17)18-15(20)19-16-7-11-4-12(8-16)6-13(5-11)9-16/h11-14H,2-10,17H2,1H3,(H2,18,19,20). The van der Waals surface area contributed by atoms with Crippen LogP contribution in [0.5, 0.6) is 0 Å². The Morgan fingerprint density at radius 2 is 1.75 bits per heavy atom. The van der Waals surface area contributed by atoms with Gasteiger partial charge in [0.2, 0.25) is 0 Å². The molecule has 4 nitrogen and oxygen atoms in total. The van der Waals surface area contributed by atoms with Crippen LogP contribution in [0.25, 0.3) is 0 Å². The third-order valence-corrected chi connectivity index (χ3v) is 5.67. The van der Waals surface area contributed by atoms with Crippen molar-refractivity contribution < 1.29 is 4.79 Å². The number of carbonyl (C=O) groups is 1. The summed E-state index contributed by atoms with van der Waals surface area (Å²) >= 11 is 0. The van der Waals surface area contributed by atoms with Gasteiger partial charge in [0.25, 0.3) is 0 Å². The van der Waals surface area contributed by atoms with Gasteiger partial charge in [-0.15, -0.1) is 0 Å². The van der Waals surface area contributed by atoms with Crippen LogP contribution in [0, 0.1) is 17.8 Å². The van der Waals surface area contributed by atoms with E-state index < -0.39 is 0 Å². The van der Waals surface area contributed by atoms with Crippen LogP contribution in [-0.4, -0.2) is 24.2 Å². The molecule has 1 atom stereocenters. The number of amides is 2. The molecule has 0 aromatic heterocycles. The number of rotatable bonds is 5. The molecule has 4 aliphatic carbocycles. The molecule has 0 radical (unpaired) electrons. The Bertz CT molecular complexity index is 333. The molecule has 0 saturated heterocycles. The molecule has 4 aliphatic rings. The summed E-state index contributed by atoms with van der Waals surface area (Å²) in [5, 5.41) is 6.41. The maximum atomic E-state index is 12.3. The molecular weight excluding hydrogens is 250 g/mol. The average Bonchev–Trinajstić information content (AvgIpc) is 2.35. The zero-order valence-electron chi connectivity index (χ0n) is 12.7. The van der Waals surface area contributed by atoms with Crippen LogP contribution in [-0.2, 0) is 0 Å². The second kappa shape index (κ2) is 5.55. The third-order valence-electron chi connectivity index (χ3n) is 5.67. The summed E-state index contributed by atoms with van der Waals surface area (Å²) < 4.78 is 0. The van der Waals surface area contributed by atoms with Crippen molar-refractivity contribution in [2.75, 3.05) is 6.54 Å². The van der Waals surface area contributed by atoms with E-state index in [4.69, 9.17) is 5.73 Å². The van der Waals surface area contributed by atoms with Gasteiger partial charge in [0, 0.05) is 18.1 Å². The van der Waals surface area contributed by atoms with Crippen LogP contribution < -0.4 is 16.4 Å². The Kier molecular flexibility index (Phi) is 3.93. The molecule has 114 valence electrons. The molecule has 2 amide bonds. The molecule has 4 saturated carbocycles. The smallest absolute Gasteiger partial charge is 0.315 e. The summed E-state index contributed by atoms with van der Waals surface area (Å²) in [4.78, 5) is 12.3. The summed E-state index contributed by atoms with van der Waals surface area (Å²) in [6, 6.07) is 0.129. The molecule has 0 spiro atoms. The summed E-state index contributed by atoms with van der Waals surface area (Å²) in [6.45, 7) is 2.66. The van der Waals surface area contributed by atoms with Gasteiger partial charge >= 0.3 is 6.03 Å². The molecule has 4 rings (SSSR count). The highest BCUT2D eigenvalue weighted by atomic mass is 16.2. The van der Waals surface area contributed by atoms with Crippen LogP contribution in [0.4, 0.5) is 4.79 Å². The molecule has 4 N–H and O–H groups in total. The molecule has 4 bridgehead atoms. The fourth-order valence-corrected chi connectivity index (χ4v) is 5.32. The lowest BCUT2D eigenvalue weighted by atomic mass is 9.53. The van der Waals surface area contributed by atoms with Gasteiger partial charge in [0.15, 0.2) is 0 Å². The summed E-state index contributed by atoms with van der Waals surface area (Å²) in [5.41, 5.74) is 5.83. The molecule has 0 aliphatic heterocycles. The van der Waals surface area contributed by atoms with Gasteiger partial charge in [-0.1, -0.05) is 13.3 Å². The van der Waals surface area contributed by atoms with E-state index in [9.17, 15) is 4.79 Å². The maximum absolute atomic E-state index is 12.3. The van der Waals surface area contributed by atoms with Crippen molar-refractivity contribution in [1.82, 2.24) is 10.6 Å². The van der Waals surface area contributed by atoms with Crippen molar-refractivity contribution in [2.24, 2.45) is 23.5 Å². The molecule has 1 unspecified atom stereocenters. The quantitative estimate of drug-likeness (QED) is 0.723. The summed E-state index contributed by atoms with van der Waals surface area (Å²) in [5.74, 6) is 2.59. The lowest BCUT2D eigenvalue weighted by molar-refractivity contribution is -0.0136. The van der Waals surface area contributed by atoms with Gasteiger partial charge in [-0.05, 0) is 62.7 Å². The molecule has 0 heterocycles. The van der Waals surface area contributed by atoms with Gasteiger partial charge in [0.05, 0.1) is 0 Å². The largest absolute Gasteiger partial charge is 0.334 e. The van der Waals surface area contributed by atoms with Crippen LogP contribution >= 0.6 is 0 Å². The van der Waals surface area contributed by atoms with E-state index in [0.717, 1.165) is 30.6 Å². The molecule has 0 aromatic carbocycles. The second-order valence-corrected chi connectivity index (χ2v) is 7.52. The maximum Gasteiger partial charge on any atom is 0.315 e. The van der Waals surface area contributed by atoms with Crippen molar-refractivity contribution in [2.45, 2.75) is 69.9 Å². The van der Waals surface area contributed by atoms with Crippen molar-refractivity contribution in [3.05, 3.63) is 0 Å². The van der Waals surface area contributed by atoms with Crippen LogP contribution in [0.1, 0.15) is 58.3 Å². The fourth-order valence-electron chi connectivity index (χ4n) is 5.32. The Morgan fingerprint density at radius 3 is 2.20 bits per heavy atom. The zero-order valence-corrected chi connectivity index (χ0v) is 12.7. The molecule has 4 heteroatoms. The lowest BCUT2D eigenvalue weighted by Gasteiger charge is -2.56. The molecular formula is C16H29N3O. The highest BCUT2D eigenvalue weighted by Crippen LogP contribution is 2.55. The van der Waals surface area contributed by atoms with Crippen molar-refractivity contribution in [3.8, 4) is 0 Å². The van der Waals surface area contributed by atoms with E-state index >= 15 is 0 Å². The van der Waals surface area contributed by atoms with Gasteiger partial charge < -0.3 is 16.4 Å². The minimum Gasteiger partial charge on any atom is -0.334 e. The third kappa shape index (κ3) is 2.80. The van der Waals surface area contributed by atoms with Gasteiger partial charge in [0.1, 0.15) is 0 Å². The lowest BCUT2D eigenvalue weighted by Crippen LogP contribution is -2.62. The van der Waals surface area contributed by atoms with Crippen LogP contribution in [0.15, 0.2) is 0 Å². The number of nitrogens with one attached hydrogen (secondary N) is 2.